The van der Waals surface area contributed by atoms with Crippen LogP contribution < -0.4 is 0 Å². The van der Waals surface area contributed by atoms with E-state index in [1.807, 2.05) is 40.3 Å². The highest BCUT2D eigenvalue weighted by molar-refractivity contribution is 7.98. The van der Waals surface area contributed by atoms with Crippen molar-refractivity contribution in [2.24, 2.45) is 0 Å². The number of halogens is 3. The fraction of sp³-hybridized carbons (Fsp3) is 0.261. The Labute approximate surface area is 197 Å². The van der Waals surface area contributed by atoms with Crippen LogP contribution in [0.25, 0.3) is 11.0 Å². The molecule has 2 aromatic carbocycles. The molecule has 0 fully saturated rings. The first-order valence-corrected chi connectivity index (χ1v) is 11.9. The second-order valence-electron chi connectivity index (χ2n) is 7.65. The first-order chi connectivity index (χ1) is 15.7. The molecule has 0 aliphatic carbocycles. The van der Waals surface area contributed by atoms with E-state index in [2.05, 4.69) is 9.97 Å². The Kier molecular flexibility index (Phi) is 6.76. The number of fused-ring (bicyclic) bond motifs is 1. The Bertz CT molecular complexity index is 1270. The molecule has 0 aliphatic heterocycles. The van der Waals surface area contributed by atoms with E-state index in [9.17, 15) is 18.0 Å². The lowest BCUT2D eigenvalue weighted by Gasteiger charge is -2.10. The van der Waals surface area contributed by atoms with Crippen LogP contribution in [-0.4, -0.2) is 39.4 Å². The Morgan fingerprint density at radius 3 is 2.58 bits per heavy atom. The molecule has 5 nitrogen and oxygen atoms in total. The summed E-state index contributed by atoms with van der Waals surface area (Å²) in [7, 11) is 3.41. The van der Waals surface area contributed by atoms with Gasteiger partial charge in [0, 0.05) is 25.2 Å². The van der Waals surface area contributed by atoms with Crippen molar-refractivity contribution in [2.45, 2.75) is 30.1 Å². The maximum absolute atomic E-state index is 13.2. The maximum atomic E-state index is 13.2. The second-order valence-corrected chi connectivity index (χ2v) is 9.54. The lowest BCUT2D eigenvalue weighted by Crippen LogP contribution is -2.23. The summed E-state index contributed by atoms with van der Waals surface area (Å²) in [6.07, 6.45) is -4.18. The quantitative estimate of drug-likeness (QED) is 0.322. The largest absolute Gasteiger partial charge is 0.416 e. The molecule has 0 N–H and O–H groups in total. The SMILES string of the molecule is CN(C)C(=O)Cc1nc(CSc2nc3cc(C(F)(F)F)ccc3n2Cc2ccccc2)cs1. The van der Waals surface area contributed by atoms with Gasteiger partial charge < -0.3 is 9.47 Å². The smallest absolute Gasteiger partial charge is 0.348 e. The molecule has 172 valence electrons. The fourth-order valence-electron chi connectivity index (χ4n) is 3.24. The lowest BCUT2D eigenvalue weighted by atomic mass is 10.2. The number of carbonyl (C=O) groups excluding carboxylic acids is 1. The van der Waals surface area contributed by atoms with Gasteiger partial charge in [-0.2, -0.15) is 13.2 Å². The van der Waals surface area contributed by atoms with Gasteiger partial charge in [0.15, 0.2) is 5.16 Å². The molecule has 4 rings (SSSR count). The number of imidazole rings is 1. The van der Waals surface area contributed by atoms with E-state index in [1.54, 1.807) is 14.1 Å². The number of rotatable bonds is 7. The van der Waals surface area contributed by atoms with Crippen LogP contribution in [0.3, 0.4) is 0 Å². The molecular formula is C23H21F3N4OS2. The van der Waals surface area contributed by atoms with Gasteiger partial charge in [-0.25, -0.2) is 9.97 Å². The molecule has 0 radical (unpaired) electrons. The molecule has 0 saturated carbocycles. The van der Waals surface area contributed by atoms with Crippen molar-refractivity contribution in [3.8, 4) is 0 Å². The average Bonchev–Trinajstić information content (AvgIpc) is 3.36. The molecule has 10 heteroatoms. The molecule has 2 heterocycles. The highest BCUT2D eigenvalue weighted by atomic mass is 32.2. The van der Waals surface area contributed by atoms with Crippen molar-refractivity contribution in [3.63, 3.8) is 0 Å². The van der Waals surface area contributed by atoms with Gasteiger partial charge in [-0.15, -0.1) is 11.3 Å². The molecule has 0 saturated heterocycles. The second kappa shape index (κ2) is 9.56. The summed E-state index contributed by atoms with van der Waals surface area (Å²) >= 11 is 2.84. The van der Waals surface area contributed by atoms with Crippen molar-refractivity contribution in [2.75, 3.05) is 14.1 Å². The van der Waals surface area contributed by atoms with Crippen LogP contribution in [0.2, 0.25) is 0 Å². The van der Waals surface area contributed by atoms with Crippen LogP contribution in [0.15, 0.2) is 59.1 Å². The van der Waals surface area contributed by atoms with E-state index in [-0.39, 0.29) is 12.3 Å². The number of hydrogen-bond donors (Lipinski definition) is 0. The number of thioether (sulfide) groups is 1. The maximum Gasteiger partial charge on any atom is 0.416 e. The summed E-state index contributed by atoms with van der Waals surface area (Å²) in [6, 6.07) is 13.4. The van der Waals surface area contributed by atoms with E-state index < -0.39 is 11.7 Å². The number of carbonyl (C=O) groups is 1. The number of hydrogen-bond acceptors (Lipinski definition) is 5. The Hall–Kier alpha value is -2.85. The van der Waals surface area contributed by atoms with Crippen molar-refractivity contribution >= 4 is 40.0 Å². The van der Waals surface area contributed by atoms with Crippen molar-refractivity contribution < 1.29 is 18.0 Å². The monoisotopic (exact) mass is 490 g/mol. The predicted molar refractivity (Wildman–Crippen MR) is 124 cm³/mol. The van der Waals surface area contributed by atoms with Crippen molar-refractivity contribution in [1.29, 1.82) is 0 Å². The van der Waals surface area contributed by atoms with Gasteiger partial charge in [-0.05, 0) is 23.8 Å². The molecule has 1 amide bonds. The van der Waals surface area contributed by atoms with Gasteiger partial charge in [0.1, 0.15) is 5.01 Å². The Morgan fingerprint density at radius 2 is 1.88 bits per heavy atom. The normalized spacial score (nSPS) is 11.8. The predicted octanol–water partition coefficient (Wildman–Crippen LogP) is 5.48. The third-order valence-corrected chi connectivity index (χ3v) is 6.88. The highest BCUT2D eigenvalue weighted by Gasteiger charge is 2.31. The van der Waals surface area contributed by atoms with Crippen LogP contribution >= 0.6 is 23.1 Å². The zero-order valence-corrected chi connectivity index (χ0v) is 19.6. The number of aromatic nitrogens is 3. The molecule has 0 unspecified atom stereocenters. The minimum atomic E-state index is -4.42. The van der Waals surface area contributed by atoms with E-state index in [1.165, 1.54) is 34.1 Å². The zero-order chi connectivity index (χ0) is 23.6. The number of likely N-dealkylation sites (N-methyl/N-ethyl adjacent to an activating group) is 1. The summed E-state index contributed by atoms with van der Waals surface area (Å²) in [4.78, 5) is 22.5. The third-order valence-electron chi connectivity index (χ3n) is 4.97. The summed E-state index contributed by atoms with van der Waals surface area (Å²) < 4.78 is 41.6. The standard InChI is InChI=1S/C23H21F3N4OS2/c1-29(2)21(31)11-20-27-17(13-32-20)14-33-22-28-18-10-16(23(24,25)26)8-9-19(18)30(22)12-15-6-4-3-5-7-15/h3-10,13H,11-12,14H2,1-2H3. The van der Waals surface area contributed by atoms with Gasteiger partial charge in [0.05, 0.1) is 35.3 Å². The number of alkyl halides is 3. The molecule has 0 atom stereocenters. The van der Waals surface area contributed by atoms with E-state index >= 15 is 0 Å². The summed E-state index contributed by atoms with van der Waals surface area (Å²) in [5.74, 6) is 0.477. The summed E-state index contributed by atoms with van der Waals surface area (Å²) in [5, 5.41) is 3.25. The van der Waals surface area contributed by atoms with Crippen LogP contribution in [0.4, 0.5) is 13.2 Å². The lowest BCUT2D eigenvalue weighted by molar-refractivity contribution is -0.137. The molecule has 0 spiro atoms. The fourth-order valence-corrected chi connectivity index (χ4v) is 5.03. The van der Waals surface area contributed by atoms with E-state index in [4.69, 9.17) is 0 Å². The highest BCUT2D eigenvalue weighted by Crippen LogP contribution is 2.34. The zero-order valence-electron chi connectivity index (χ0n) is 18.0. The van der Waals surface area contributed by atoms with Crippen molar-refractivity contribution in [1.82, 2.24) is 19.4 Å². The molecule has 0 bridgehead atoms. The van der Waals surface area contributed by atoms with Crippen LogP contribution in [-0.2, 0) is 29.7 Å². The van der Waals surface area contributed by atoms with Crippen LogP contribution in [0, 0.1) is 0 Å². The summed E-state index contributed by atoms with van der Waals surface area (Å²) in [6.45, 7) is 0.491. The number of benzene rings is 2. The van der Waals surface area contributed by atoms with E-state index in [0.717, 1.165) is 28.4 Å². The number of nitrogens with zero attached hydrogens (tertiary/aromatic N) is 4. The number of amides is 1. The number of thiazole rings is 1. The summed E-state index contributed by atoms with van der Waals surface area (Å²) in [5.41, 5.74) is 2.06. The van der Waals surface area contributed by atoms with Crippen LogP contribution in [0.1, 0.15) is 21.8 Å². The minimum absolute atomic E-state index is 0.0197. The third kappa shape index (κ3) is 5.56. The first kappa shape index (κ1) is 23.3. The van der Waals surface area contributed by atoms with Crippen molar-refractivity contribution in [3.05, 3.63) is 75.7 Å². The van der Waals surface area contributed by atoms with Gasteiger partial charge >= 0.3 is 6.18 Å². The molecule has 0 aliphatic rings. The molecule has 33 heavy (non-hydrogen) atoms. The average molecular weight is 491 g/mol. The van der Waals surface area contributed by atoms with Gasteiger partial charge in [-0.1, -0.05) is 42.1 Å². The van der Waals surface area contributed by atoms with Crippen LogP contribution in [0.5, 0.6) is 0 Å². The van der Waals surface area contributed by atoms with Gasteiger partial charge in [0.2, 0.25) is 5.91 Å². The molecule has 4 aromatic rings. The minimum Gasteiger partial charge on any atom is -0.348 e. The van der Waals surface area contributed by atoms with E-state index in [0.29, 0.717) is 28.5 Å². The Balaban J connectivity index is 1.61. The topological polar surface area (TPSA) is 51.0 Å². The van der Waals surface area contributed by atoms with Gasteiger partial charge in [0.25, 0.3) is 0 Å². The molecule has 2 aromatic heterocycles. The Morgan fingerprint density at radius 1 is 1.12 bits per heavy atom. The van der Waals surface area contributed by atoms with Gasteiger partial charge in [-0.3, -0.25) is 4.79 Å². The first-order valence-electron chi connectivity index (χ1n) is 10.1. The molecular weight excluding hydrogens is 469 g/mol.